The summed E-state index contributed by atoms with van der Waals surface area (Å²) in [6.45, 7) is 3.21. The largest absolute Gasteiger partial charge is 0.479 e. The lowest BCUT2D eigenvalue weighted by molar-refractivity contribution is -0.155. The number of carboxylic acid groups (broad SMARTS) is 1. The van der Waals surface area contributed by atoms with Crippen LogP contribution >= 0.6 is 11.6 Å². The number of anilines is 1. The number of carbonyl (C=O) groups excluding carboxylic acids is 1. The van der Waals surface area contributed by atoms with Gasteiger partial charge in [-0.3, -0.25) is 4.79 Å². The van der Waals surface area contributed by atoms with Crippen LogP contribution < -0.4 is 10.6 Å². The Balaban J connectivity index is 2.87. The molecule has 0 aromatic heterocycles. The fraction of sp³-hybridized carbons (Fsp3) is 0.385. The van der Waals surface area contributed by atoms with Crippen LogP contribution in [0.3, 0.4) is 0 Å². The number of benzene rings is 1. The summed E-state index contributed by atoms with van der Waals surface area (Å²) < 4.78 is 0. The van der Waals surface area contributed by atoms with Crippen molar-refractivity contribution in [2.45, 2.75) is 19.4 Å². The molecule has 0 spiro atoms. The molecule has 0 aliphatic heterocycles. The van der Waals surface area contributed by atoms with Gasteiger partial charge < -0.3 is 20.8 Å². The molecule has 4 N–H and O–H groups in total. The molecule has 110 valence electrons. The standard InChI is InChI=1S/C13H17ClN2O4/c1-3-15-10-5-4-8(14)6-9(10)11(17)16-7-13(2,20)12(18)19/h4-6,15,20H,3,7H2,1-2H3,(H,16,17)(H,18,19). The zero-order chi connectivity index (χ0) is 15.3. The number of amides is 1. The van der Waals surface area contributed by atoms with Crippen LogP contribution in [0.15, 0.2) is 18.2 Å². The Hall–Kier alpha value is -1.79. The number of aliphatic carboxylic acids is 1. The fourth-order valence-electron chi connectivity index (χ4n) is 1.47. The number of nitrogens with one attached hydrogen (secondary N) is 2. The molecule has 0 fully saturated rings. The van der Waals surface area contributed by atoms with Gasteiger partial charge in [0.05, 0.1) is 12.1 Å². The SMILES string of the molecule is CCNc1ccc(Cl)cc1C(=O)NCC(C)(O)C(=O)O. The molecular formula is C13H17ClN2O4. The summed E-state index contributed by atoms with van der Waals surface area (Å²) in [5, 5.41) is 24.1. The second-order valence-electron chi connectivity index (χ2n) is 4.48. The second-order valence-corrected chi connectivity index (χ2v) is 4.92. The molecule has 1 atom stereocenters. The molecule has 1 rings (SSSR count). The van der Waals surface area contributed by atoms with E-state index in [1.807, 2.05) is 6.92 Å². The molecule has 1 unspecified atom stereocenters. The third-order valence-electron chi connectivity index (χ3n) is 2.65. The van der Waals surface area contributed by atoms with Crippen molar-refractivity contribution >= 4 is 29.2 Å². The number of hydrogen-bond donors (Lipinski definition) is 4. The fourth-order valence-corrected chi connectivity index (χ4v) is 1.64. The van der Waals surface area contributed by atoms with E-state index in [-0.39, 0.29) is 0 Å². The van der Waals surface area contributed by atoms with Gasteiger partial charge in [0.2, 0.25) is 0 Å². The van der Waals surface area contributed by atoms with Crippen LogP contribution in [0.25, 0.3) is 0 Å². The first-order valence-corrected chi connectivity index (χ1v) is 6.43. The summed E-state index contributed by atoms with van der Waals surface area (Å²) in [5.74, 6) is -1.92. The first-order valence-electron chi connectivity index (χ1n) is 6.05. The molecule has 0 saturated heterocycles. The Kier molecular flexibility index (Phi) is 5.35. The quantitative estimate of drug-likeness (QED) is 0.635. The minimum atomic E-state index is -2.02. The van der Waals surface area contributed by atoms with E-state index in [1.165, 1.54) is 6.07 Å². The van der Waals surface area contributed by atoms with Crippen LogP contribution in [0.1, 0.15) is 24.2 Å². The van der Waals surface area contributed by atoms with Gasteiger partial charge >= 0.3 is 5.97 Å². The van der Waals surface area contributed by atoms with E-state index in [0.29, 0.717) is 22.8 Å². The molecule has 6 nitrogen and oxygen atoms in total. The molecule has 1 amide bonds. The van der Waals surface area contributed by atoms with Crippen molar-refractivity contribution in [1.29, 1.82) is 0 Å². The Morgan fingerprint density at radius 3 is 2.60 bits per heavy atom. The molecule has 1 aromatic carbocycles. The maximum absolute atomic E-state index is 12.0. The predicted molar refractivity (Wildman–Crippen MR) is 76.2 cm³/mol. The minimum absolute atomic E-state index is 0.292. The summed E-state index contributed by atoms with van der Waals surface area (Å²) in [4.78, 5) is 22.8. The van der Waals surface area contributed by atoms with E-state index < -0.39 is 24.0 Å². The van der Waals surface area contributed by atoms with Crippen molar-refractivity contribution in [3.63, 3.8) is 0 Å². The molecule has 0 aliphatic rings. The number of carboxylic acids is 1. The molecule has 20 heavy (non-hydrogen) atoms. The summed E-state index contributed by atoms with van der Waals surface area (Å²) in [7, 11) is 0. The predicted octanol–water partition coefficient (Wildman–Crippen LogP) is 1.34. The van der Waals surface area contributed by atoms with Gasteiger partial charge in [-0.1, -0.05) is 11.6 Å². The summed E-state index contributed by atoms with van der Waals surface area (Å²) >= 11 is 5.85. The lowest BCUT2D eigenvalue weighted by Gasteiger charge is -2.19. The Morgan fingerprint density at radius 2 is 2.05 bits per heavy atom. The van der Waals surface area contributed by atoms with E-state index in [0.717, 1.165) is 6.92 Å². The minimum Gasteiger partial charge on any atom is -0.479 e. The maximum atomic E-state index is 12.0. The third kappa shape index (κ3) is 4.11. The van der Waals surface area contributed by atoms with Gasteiger partial charge in [0.1, 0.15) is 0 Å². The zero-order valence-corrected chi connectivity index (χ0v) is 12.0. The number of carbonyl (C=O) groups is 2. The molecule has 0 radical (unpaired) electrons. The highest BCUT2D eigenvalue weighted by molar-refractivity contribution is 6.31. The number of halogens is 1. The maximum Gasteiger partial charge on any atom is 0.337 e. The smallest absolute Gasteiger partial charge is 0.337 e. The Bertz CT molecular complexity index is 517. The third-order valence-corrected chi connectivity index (χ3v) is 2.88. The summed E-state index contributed by atoms with van der Waals surface area (Å²) in [5.41, 5.74) is -1.14. The van der Waals surface area contributed by atoms with Crippen molar-refractivity contribution in [3.05, 3.63) is 28.8 Å². The van der Waals surface area contributed by atoms with E-state index >= 15 is 0 Å². The summed E-state index contributed by atoms with van der Waals surface area (Å²) in [6.07, 6.45) is 0. The van der Waals surface area contributed by atoms with Gasteiger partial charge in [0, 0.05) is 17.3 Å². The molecule has 0 bridgehead atoms. The molecule has 1 aromatic rings. The molecule has 7 heteroatoms. The highest BCUT2D eigenvalue weighted by Crippen LogP contribution is 2.20. The van der Waals surface area contributed by atoms with Crippen LogP contribution in [-0.4, -0.2) is 40.8 Å². The first-order chi connectivity index (χ1) is 9.27. The van der Waals surface area contributed by atoms with Crippen molar-refractivity contribution in [2.24, 2.45) is 0 Å². The van der Waals surface area contributed by atoms with Gasteiger partial charge in [-0.25, -0.2) is 4.79 Å². The van der Waals surface area contributed by atoms with Crippen molar-refractivity contribution in [1.82, 2.24) is 5.32 Å². The second kappa shape index (κ2) is 6.58. The lowest BCUT2D eigenvalue weighted by atomic mass is 10.1. The average molecular weight is 301 g/mol. The molecule has 0 heterocycles. The molecular weight excluding hydrogens is 284 g/mol. The van der Waals surface area contributed by atoms with Gasteiger partial charge in [0.15, 0.2) is 5.60 Å². The highest BCUT2D eigenvalue weighted by atomic mass is 35.5. The van der Waals surface area contributed by atoms with Crippen molar-refractivity contribution in [2.75, 3.05) is 18.4 Å². The monoisotopic (exact) mass is 300 g/mol. The lowest BCUT2D eigenvalue weighted by Crippen LogP contribution is -2.46. The van der Waals surface area contributed by atoms with Crippen LogP contribution in [-0.2, 0) is 4.79 Å². The van der Waals surface area contributed by atoms with Crippen LogP contribution in [0.4, 0.5) is 5.69 Å². The topological polar surface area (TPSA) is 98.7 Å². The van der Waals surface area contributed by atoms with Crippen LogP contribution in [0, 0.1) is 0 Å². The number of hydrogen-bond acceptors (Lipinski definition) is 4. The highest BCUT2D eigenvalue weighted by Gasteiger charge is 2.30. The molecule has 0 saturated carbocycles. The average Bonchev–Trinajstić information content (AvgIpc) is 2.38. The van der Waals surface area contributed by atoms with Crippen LogP contribution in [0.2, 0.25) is 5.02 Å². The molecule has 0 aliphatic carbocycles. The Labute approximate surface area is 121 Å². The van der Waals surface area contributed by atoms with Crippen LogP contribution in [0.5, 0.6) is 0 Å². The van der Waals surface area contributed by atoms with Crippen molar-refractivity contribution < 1.29 is 19.8 Å². The number of aliphatic hydroxyl groups is 1. The van der Waals surface area contributed by atoms with E-state index in [9.17, 15) is 14.7 Å². The van der Waals surface area contributed by atoms with E-state index in [1.54, 1.807) is 12.1 Å². The van der Waals surface area contributed by atoms with Gasteiger partial charge in [-0.05, 0) is 32.0 Å². The van der Waals surface area contributed by atoms with E-state index in [4.69, 9.17) is 16.7 Å². The number of rotatable bonds is 6. The van der Waals surface area contributed by atoms with Gasteiger partial charge in [0.25, 0.3) is 5.91 Å². The Morgan fingerprint density at radius 1 is 1.40 bits per heavy atom. The zero-order valence-electron chi connectivity index (χ0n) is 11.2. The van der Waals surface area contributed by atoms with Crippen molar-refractivity contribution in [3.8, 4) is 0 Å². The summed E-state index contributed by atoms with van der Waals surface area (Å²) in [6, 6.07) is 4.78. The van der Waals surface area contributed by atoms with Gasteiger partial charge in [-0.2, -0.15) is 0 Å². The van der Waals surface area contributed by atoms with E-state index in [2.05, 4.69) is 10.6 Å². The first kappa shape index (κ1) is 16.3. The normalized spacial score (nSPS) is 13.4. The van der Waals surface area contributed by atoms with Gasteiger partial charge in [-0.15, -0.1) is 0 Å².